The number of ether oxygens (including phenoxy) is 1. The maximum Gasteiger partial charge on any atom is 0.193 e. The second-order valence-electron chi connectivity index (χ2n) is 7.04. The Morgan fingerprint density at radius 2 is 2.07 bits per heavy atom. The van der Waals surface area contributed by atoms with Gasteiger partial charge in [0.05, 0.1) is 25.3 Å². The predicted octanol–water partition coefficient (Wildman–Crippen LogP) is 4.59. The molecule has 8 heteroatoms. The van der Waals surface area contributed by atoms with E-state index in [4.69, 9.17) is 22.1 Å². The third-order valence-electron chi connectivity index (χ3n) is 4.80. The van der Waals surface area contributed by atoms with E-state index < -0.39 is 0 Å². The number of halogens is 3. The molecule has 2 unspecified atom stereocenters. The van der Waals surface area contributed by atoms with Crippen molar-refractivity contribution < 1.29 is 9.13 Å². The van der Waals surface area contributed by atoms with E-state index in [1.165, 1.54) is 6.07 Å². The molecule has 1 fully saturated rings. The summed E-state index contributed by atoms with van der Waals surface area (Å²) < 4.78 is 20.3. The SMILES string of the molecule is Cc1ccc(NC(N)=NCC(c2c(F)cccc2Cl)N2CCOC(C)C2)cc1.I. The Bertz CT molecular complexity index is 814. The molecule has 0 radical (unpaired) electrons. The molecule has 1 aliphatic heterocycles. The second-order valence-corrected chi connectivity index (χ2v) is 7.45. The van der Waals surface area contributed by atoms with Crippen molar-refractivity contribution in [2.75, 3.05) is 31.6 Å². The maximum absolute atomic E-state index is 14.6. The molecule has 0 aliphatic carbocycles. The summed E-state index contributed by atoms with van der Waals surface area (Å²) in [6, 6.07) is 12.3. The Morgan fingerprint density at radius 1 is 1.34 bits per heavy atom. The van der Waals surface area contributed by atoms with Gasteiger partial charge in [0.1, 0.15) is 5.82 Å². The minimum Gasteiger partial charge on any atom is -0.376 e. The van der Waals surface area contributed by atoms with Crippen LogP contribution >= 0.6 is 35.6 Å². The molecule has 0 spiro atoms. The topological polar surface area (TPSA) is 62.9 Å². The number of anilines is 1. The van der Waals surface area contributed by atoms with Crippen LogP contribution in [-0.4, -0.2) is 43.2 Å². The summed E-state index contributed by atoms with van der Waals surface area (Å²) in [5.74, 6) is -0.0560. The quantitative estimate of drug-likeness (QED) is 0.336. The van der Waals surface area contributed by atoms with E-state index in [0.29, 0.717) is 30.3 Å². The van der Waals surface area contributed by atoms with E-state index in [-0.39, 0.29) is 54.4 Å². The van der Waals surface area contributed by atoms with Crippen molar-refractivity contribution in [3.05, 3.63) is 64.4 Å². The number of guanidine groups is 1. The highest BCUT2D eigenvalue weighted by Crippen LogP contribution is 2.31. The van der Waals surface area contributed by atoms with Crippen molar-refractivity contribution in [3.8, 4) is 0 Å². The zero-order valence-corrected chi connectivity index (χ0v) is 19.7. The first kappa shape index (κ1) is 23.9. The molecule has 1 aliphatic rings. The molecule has 5 nitrogen and oxygen atoms in total. The van der Waals surface area contributed by atoms with Crippen LogP contribution < -0.4 is 11.1 Å². The monoisotopic (exact) mass is 532 g/mol. The van der Waals surface area contributed by atoms with E-state index in [1.54, 1.807) is 12.1 Å². The van der Waals surface area contributed by atoms with Crippen LogP contribution in [0.3, 0.4) is 0 Å². The lowest BCUT2D eigenvalue weighted by atomic mass is 10.0. The summed E-state index contributed by atoms with van der Waals surface area (Å²) in [5.41, 5.74) is 8.54. The van der Waals surface area contributed by atoms with Gasteiger partial charge in [0.15, 0.2) is 5.96 Å². The highest BCUT2D eigenvalue weighted by atomic mass is 127. The van der Waals surface area contributed by atoms with E-state index in [9.17, 15) is 4.39 Å². The lowest BCUT2D eigenvalue weighted by molar-refractivity contribution is -0.0336. The summed E-state index contributed by atoms with van der Waals surface area (Å²) in [6.07, 6.45) is 0.0637. The van der Waals surface area contributed by atoms with Crippen LogP contribution in [0.25, 0.3) is 0 Å². The van der Waals surface area contributed by atoms with Crippen LogP contribution in [0.2, 0.25) is 5.02 Å². The number of hydrogen-bond donors (Lipinski definition) is 2. The predicted molar refractivity (Wildman–Crippen MR) is 128 cm³/mol. The lowest BCUT2D eigenvalue weighted by Gasteiger charge is -2.37. The number of aliphatic imine (C=N–C) groups is 1. The fourth-order valence-corrected chi connectivity index (χ4v) is 3.64. The fourth-order valence-electron chi connectivity index (χ4n) is 3.36. The van der Waals surface area contributed by atoms with Gasteiger partial charge in [-0.2, -0.15) is 0 Å². The summed E-state index contributed by atoms with van der Waals surface area (Å²) >= 11 is 6.35. The standard InChI is InChI=1S/C21H26ClFN4O.HI/c1-14-6-8-16(9-7-14)26-21(24)25-12-19(27-10-11-28-15(2)13-27)20-17(22)4-3-5-18(20)23;/h3-9,15,19H,10-13H2,1-2H3,(H3,24,25,26);1H. The van der Waals surface area contributed by atoms with Gasteiger partial charge in [-0.05, 0) is 38.1 Å². The van der Waals surface area contributed by atoms with Crippen LogP contribution in [0.1, 0.15) is 24.1 Å². The zero-order valence-electron chi connectivity index (χ0n) is 16.6. The van der Waals surface area contributed by atoms with Crippen molar-refractivity contribution >= 4 is 47.2 Å². The zero-order chi connectivity index (χ0) is 20.1. The first-order valence-electron chi connectivity index (χ1n) is 9.37. The molecule has 3 N–H and O–H groups in total. The van der Waals surface area contributed by atoms with Crippen LogP contribution in [0.15, 0.2) is 47.5 Å². The molecular formula is C21H27ClFIN4O. The number of rotatable bonds is 5. The summed E-state index contributed by atoms with van der Waals surface area (Å²) in [7, 11) is 0. The number of morpholine rings is 1. The smallest absolute Gasteiger partial charge is 0.193 e. The molecule has 2 aromatic carbocycles. The Balaban J connectivity index is 0.00000300. The Kier molecular flexibility index (Phi) is 9.13. The molecule has 2 aromatic rings. The van der Waals surface area contributed by atoms with E-state index in [1.807, 2.05) is 38.1 Å². The fraction of sp³-hybridized carbons (Fsp3) is 0.381. The molecule has 1 saturated heterocycles. The number of nitrogens with zero attached hydrogens (tertiary/aromatic N) is 2. The van der Waals surface area contributed by atoms with Gasteiger partial charge in [0.2, 0.25) is 0 Å². The van der Waals surface area contributed by atoms with Crippen molar-refractivity contribution in [2.45, 2.75) is 26.0 Å². The minimum absolute atomic E-state index is 0. The normalized spacial score (nSPS) is 18.8. The largest absolute Gasteiger partial charge is 0.376 e. The van der Waals surface area contributed by atoms with Gasteiger partial charge in [-0.25, -0.2) is 4.39 Å². The molecule has 3 rings (SSSR count). The van der Waals surface area contributed by atoms with Gasteiger partial charge >= 0.3 is 0 Å². The molecule has 0 aromatic heterocycles. The van der Waals surface area contributed by atoms with Gasteiger partial charge in [-0.3, -0.25) is 9.89 Å². The average molecular weight is 533 g/mol. The van der Waals surface area contributed by atoms with E-state index >= 15 is 0 Å². The highest BCUT2D eigenvalue weighted by molar-refractivity contribution is 14.0. The van der Waals surface area contributed by atoms with Gasteiger partial charge in [-0.1, -0.05) is 35.4 Å². The van der Waals surface area contributed by atoms with Crippen LogP contribution in [0.4, 0.5) is 10.1 Å². The number of aryl methyl sites for hydroxylation is 1. The molecule has 1 heterocycles. The van der Waals surface area contributed by atoms with E-state index in [2.05, 4.69) is 15.2 Å². The van der Waals surface area contributed by atoms with Crippen LogP contribution in [-0.2, 0) is 4.74 Å². The van der Waals surface area contributed by atoms with Crippen molar-refractivity contribution in [3.63, 3.8) is 0 Å². The molecule has 158 valence electrons. The molecule has 2 atom stereocenters. The summed E-state index contributed by atoms with van der Waals surface area (Å²) in [5, 5.41) is 3.47. The van der Waals surface area contributed by atoms with Crippen molar-refractivity contribution in [1.82, 2.24) is 4.90 Å². The number of benzene rings is 2. The molecule has 0 saturated carbocycles. The van der Waals surface area contributed by atoms with E-state index in [0.717, 1.165) is 11.3 Å². The van der Waals surface area contributed by atoms with Gasteiger partial charge in [0.25, 0.3) is 0 Å². The van der Waals surface area contributed by atoms with Crippen LogP contribution in [0.5, 0.6) is 0 Å². The molecule has 0 bridgehead atoms. The molecule has 0 amide bonds. The first-order chi connectivity index (χ1) is 13.4. The summed E-state index contributed by atoms with van der Waals surface area (Å²) in [4.78, 5) is 6.63. The average Bonchev–Trinajstić information content (AvgIpc) is 2.66. The van der Waals surface area contributed by atoms with Crippen LogP contribution in [0, 0.1) is 12.7 Å². The van der Waals surface area contributed by atoms with Gasteiger partial charge in [-0.15, -0.1) is 24.0 Å². The highest BCUT2D eigenvalue weighted by Gasteiger charge is 2.29. The number of hydrogen-bond acceptors (Lipinski definition) is 3. The number of nitrogens with one attached hydrogen (secondary N) is 1. The molecular weight excluding hydrogens is 506 g/mol. The third-order valence-corrected chi connectivity index (χ3v) is 5.13. The van der Waals surface area contributed by atoms with Crippen molar-refractivity contribution in [2.24, 2.45) is 10.7 Å². The Labute approximate surface area is 193 Å². The first-order valence-corrected chi connectivity index (χ1v) is 9.75. The lowest BCUT2D eigenvalue weighted by Crippen LogP contribution is -2.44. The van der Waals surface area contributed by atoms with Crippen molar-refractivity contribution in [1.29, 1.82) is 0 Å². The summed E-state index contributed by atoms with van der Waals surface area (Å²) in [6.45, 7) is 6.26. The Hall–Kier alpha value is -1.42. The maximum atomic E-state index is 14.6. The minimum atomic E-state index is -0.336. The second kappa shape index (κ2) is 11.1. The third kappa shape index (κ3) is 6.53. The molecule has 29 heavy (non-hydrogen) atoms. The Morgan fingerprint density at radius 3 is 2.72 bits per heavy atom. The number of nitrogens with two attached hydrogens (primary N) is 1. The van der Waals surface area contributed by atoms with Gasteiger partial charge in [0, 0.05) is 29.4 Å². The van der Waals surface area contributed by atoms with Gasteiger partial charge < -0.3 is 15.8 Å².